The SMILES string of the molecule is Clc1ccccc1C=CC1=NCCc2cc(OCc3ccccc3)ccc21. The van der Waals surface area contributed by atoms with Crippen molar-refractivity contribution in [3.8, 4) is 5.75 Å². The topological polar surface area (TPSA) is 21.6 Å². The molecular weight excluding hydrogens is 354 g/mol. The van der Waals surface area contributed by atoms with Gasteiger partial charge in [-0.05, 0) is 53.5 Å². The molecule has 134 valence electrons. The van der Waals surface area contributed by atoms with Crippen LogP contribution in [0.4, 0.5) is 0 Å². The molecule has 0 fully saturated rings. The smallest absolute Gasteiger partial charge is 0.120 e. The van der Waals surface area contributed by atoms with Crippen molar-refractivity contribution in [1.29, 1.82) is 0 Å². The van der Waals surface area contributed by atoms with Gasteiger partial charge in [-0.15, -0.1) is 0 Å². The molecule has 0 atom stereocenters. The molecule has 0 spiro atoms. The largest absolute Gasteiger partial charge is 0.489 e. The zero-order chi connectivity index (χ0) is 18.5. The summed E-state index contributed by atoms with van der Waals surface area (Å²) < 4.78 is 5.96. The number of allylic oxidation sites excluding steroid dienone is 1. The fourth-order valence-electron chi connectivity index (χ4n) is 3.16. The predicted molar refractivity (Wildman–Crippen MR) is 113 cm³/mol. The minimum Gasteiger partial charge on any atom is -0.489 e. The number of ether oxygens (including phenoxy) is 1. The molecule has 0 amide bonds. The van der Waals surface area contributed by atoms with Crippen LogP contribution in [0.3, 0.4) is 0 Å². The van der Waals surface area contributed by atoms with Crippen LogP contribution in [0.5, 0.6) is 5.75 Å². The van der Waals surface area contributed by atoms with E-state index in [9.17, 15) is 0 Å². The molecule has 2 nitrogen and oxygen atoms in total. The third kappa shape index (κ3) is 4.29. The third-order valence-corrected chi connectivity index (χ3v) is 4.93. The zero-order valence-corrected chi connectivity index (χ0v) is 15.7. The highest BCUT2D eigenvalue weighted by molar-refractivity contribution is 6.32. The van der Waals surface area contributed by atoms with Gasteiger partial charge in [0.25, 0.3) is 0 Å². The van der Waals surface area contributed by atoms with Crippen molar-refractivity contribution >= 4 is 23.4 Å². The van der Waals surface area contributed by atoms with Gasteiger partial charge in [-0.1, -0.05) is 66.2 Å². The molecule has 3 aromatic rings. The molecule has 1 heterocycles. The normalized spacial score (nSPS) is 13.3. The molecule has 0 radical (unpaired) electrons. The van der Waals surface area contributed by atoms with Crippen LogP contribution in [-0.4, -0.2) is 12.3 Å². The van der Waals surface area contributed by atoms with Gasteiger partial charge in [0.1, 0.15) is 12.4 Å². The van der Waals surface area contributed by atoms with Crippen LogP contribution in [0.2, 0.25) is 5.02 Å². The van der Waals surface area contributed by atoms with Gasteiger partial charge in [-0.2, -0.15) is 0 Å². The maximum Gasteiger partial charge on any atom is 0.120 e. The molecule has 0 bridgehead atoms. The van der Waals surface area contributed by atoms with Gasteiger partial charge in [0.05, 0.1) is 5.71 Å². The van der Waals surface area contributed by atoms with Crippen molar-refractivity contribution in [1.82, 2.24) is 0 Å². The Balaban J connectivity index is 1.51. The van der Waals surface area contributed by atoms with Crippen molar-refractivity contribution in [2.75, 3.05) is 6.54 Å². The standard InChI is InChI=1S/C24H20ClNO/c25-23-9-5-4-8-19(23)10-13-24-22-12-11-21(16-20(22)14-15-26-24)27-17-18-6-2-1-3-7-18/h1-13,16H,14-15,17H2. The number of aliphatic imine (C=N–C) groups is 1. The maximum atomic E-state index is 6.24. The Labute approximate surface area is 164 Å². The lowest BCUT2D eigenvalue weighted by Gasteiger charge is -2.16. The van der Waals surface area contributed by atoms with Crippen LogP contribution in [-0.2, 0) is 13.0 Å². The lowest BCUT2D eigenvalue weighted by Crippen LogP contribution is -2.11. The first kappa shape index (κ1) is 17.6. The first-order valence-electron chi connectivity index (χ1n) is 9.07. The van der Waals surface area contributed by atoms with E-state index in [1.807, 2.05) is 60.7 Å². The Kier molecular flexibility index (Phi) is 5.36. The monoisotopic (exact) mass is 373 g/mol. The van der Waals surface area contributed by atoms with Crippen LogP contribution in [0, 0.1) is 0 Å². The summed E-state index contributed by atoms with van der Waals surface area (Å²) in [6, 6.07) is 24.3. The number of hydrogen-bond donors (Lipinski definition) is 0. The number of halogens is 1. The zero-order valence-electron chi connectivity index (χ0n) is 14.9. The van der Waals surface area contributed by atoms with Crippen LogP contribution < -0.4 is 4.74 Å². The van der Waals surface area contributed by atoms with E-state index in [-0.39, 0.29) is 0 Å². The van der Waals surface area contributed by atoms with E-state index in [0.29, 0.717) is 6.61 Å². The quantitative estimate of drug-likeness (QED) is 0.539. The Hall–Kier alpha value is -2.84. The minimum absolute atomic E-state index is 0.576. The van der Waals surface area contributed by atoms with Crippen molar-refractivity contribution < 1.29 is 4.74 Å². The summed E-state index contributed by atoms with van der Waals surface area (Å²) in [6.45, 7) is 1.37. The fraction of sp³-hybridized carbons (Fsp3) is 0.125. The summed E-state index contributed by atoms with van der Waals surface area (Å²) >= 11 is 6.24. The van der Waals surface area contributed by atoms with E-state index >= 15 is 0 Å². The van der Waals surface area contributed by atoms with Gasteiger partial charge < -0.3 is 4.74 Å². The van der Waals surface area contributed by atoms with E-state index in [4.69, 9.17) is 16.3 Å². The van der Waals surface area contributed by atoms with Crippen molar-refractivity contribution in [2.45, 2.75) is 13.0 Å². The molecule has 1 aliphatic heterocycles. The van der Waals surface area contributed by atoms with Gasteiger partial charge in [0, 0.05) is 17.1 Å². The summed E-state index contributed by atoms with van der Waals surface area (Å²) in [5, 5.41) is 0.745. The summed E-state index contributed by atoms with van der Waals surface area (Å²) in [6.07, 6.45) is 5.00. The molecule has 0 aliphatic carbocycles. The second kappa shape index (κ2) is 8.24. The van der Waals surface area contributed by atoms with E-state index in [0.717, 1.165) is 40.6 Å². The van der Waals surface area contributed by atoms with Crippen molar-refractivity contribution in [3.63, 3.8) is 0 Å². The third-order valence-electron chi connectivity index (χ3n) is 4.59. The Morgan fingerprint density at radius 1 is 0.926 bits per heavy atom. The van der Waals surface area contributed by atoms with E-state index in [1.54, 1.807) is 0 Å². The minimum atomic E-state index is 0.576. The highest BCUT2D eigenvalue weighted by Crippen LogP contribution is 2.24. The molecule has 0 N–H and O–H groups in total. The summed E-state index contributed by atoms with van der Waals surface area (Å²) in [7, 11) is 0. The van der Waals surface area contributed by atoms with Crippen molar-refractivity contribution in [2.24, 2.45) is 4.99 Å². The Bertz CT molecular complexity index is 992. The molecule has 4 rings (SSSR count). The molecule has 0 saturated carbocycles. The van der Waals surface area contributed by atoms with Crippen LogP contribution in [0.1, 0.15) is 22.3 Å². The molecule has 0 unspecified atom stereocenters. The number of rotatable bonds is 5. The van der Waals surface area contributed by atoms with Gasteiger partial charge in [-0.3, -0.25) is 4.99 Å². The van der Waals surface area contributed by atoms with Gasteiger partial charge in [-0.25, -0.2) is 0 Å². The van der Waals surface area contributed by atoms with Gasteiger partial charge in [0.2, 0.25) is 0 Å². The molecule has 3 aromatic carbocycles. The molecule has 0 saturated heterocycles. The summed E-state index contributed by atoms with van der Waals surface area (Å²) in [5.41, 5.74) is 5.59. The number of hydrogen-bond acceptors (Lipinski definition) is 2. The van der Waals surface area contributed by atoms with Crippen LogP contribution in [0.25, 0.3) is 6.08 Å². The van der Waals surface area contributed by atoms with E-state index in [1.165, 1.54) is 11.1 Å². The van der Waals surface area contributed by atoms with E-state index < -0.39 is 0 Å². The van der Waals surface area contributed by atoms with Crippen LogP contribution in [0.15, 0.2) is 83.9 Å². The molecule has 27 heavy (non-hydrogen) atoms. The van der Waals surface area contributed by atoms with Crippen molar-refractivity contribution in [3.05, 3.63) is 106 Å². The molecule has 0 aromatic heterocycles. The number of benzene rings is 3. The Morgan fingerprint density at radius 2 is 1.74 bits per heavy atom. The number of fused-ring (bicyclic) bond motifs is 1. The molecular formula is C24H20ClNO. The maximum absolute atomic E-state index is 6.24. The lowest BCUT2D eigenvalue weighted by atomic mass is 9.96. The van der Waals surface area contributed by atoms with Gasteiger partial charge >= 0.3 is 0 Å². The average molecular weight is 374 g/mol. The fourth-order valence-corrected chi connectivity index (χ4v) is 3.36. The van der Waals surface area contributed by atoms with Gasteiger partial charge in [0.15, 0.2) is 0 Å². The molecule has 1 aliphatic rings. The number of nitrogens with zero attached hydrogens (tertiary/aromatic N) is 1. The first-order chi connectivity index (χ1) is 13.3. The first-order valence-corrected chi connectivity index (χ1v) is 9.44. The average Bonchev–Trinajstić information content (AvgIpc) is 2.72. The van der Waals surface area contributed by atoms with E-state index in [2.05, 4.69) is 29.3 Å². The van der Waals surface area contributed by atoms with Crippen LogP contribution >= 0.6 is 11.6 Å². The molecule has 3 heteroatoms. The highest BCUT2D eigenvalue weighted by Gasteiger charge is 2.13. The highest BCUT2D eigenvalue weighted by atomic mass is 35.5. The second-order valence-corrected chi connectivity index (χ2v) is 6.87. The predicted octanol–water partition coefficient (Wildman–Crippen LogP) is 5.98. The Morgan fingerprint density at radius 3 is 2.59 bits per heavy atom. The lowest BCUT2D eigenvalue weighted by molar-refractivity contribution is 0.306. The summed E-state index contributed by atoms with van der Waals surface area (Å²) in [5.74, 6) is 0.897. The second-order valence-electron chi connectivity index (χ2n) is 6.47. The summed E-state index contributed by atoms with van der Waals surface area (Å²) in [4.78, 5) is 4.68.